The molecule has 0 aromatic heterocycles. The lowest BCUT2D eigenvalue weighted by Gasteiger charge is -2.33. The fraction of sp³-hybridized carbons (Fsp3) is 0.684. The van der Waals surface area contributed by atoms with Crippen molar-refractivity contribution in [2.75, 3.05) is 26.2 Å². The molecule has 2 fully saturated rings. The SMILES string of the molecule is CCC(C)(CNC1CC1)CN1CCC(c2ccccc2)C1. The van der Waals surface area contributed by atoms with Gasteiger partial charge in [-0.15, -0.1) is 0 Å². The summed E-state index contributed by atoms with van der Waals surface area (Å²) in [5.41, 5.74) is 1.95. The molecule has 1 saturated carbocycles. The normalized spacial score (nSPS) is 25.9. The molecule has 2 heteroatoms. The number of likely N-dealkylation sites (tertiary alicyclic amines) is 1. The predicted molar refractivity (Wildman–Crippen MR) is 89.7 cm³/mol. The molecule has 1 N–H and O–H groups in total. The van der Waals surface area contributed by atoms with Gasteiger partial charge in [-0.3, -0.25) is 0 Å². The van der Waals surface area contributed by atoms with Crippen molar-refractivity contribution in [3.63, 3.8) is 0 Å². The molecule has 1 aromatic rings. The Bertz CT molecular complexity index is 440. The first-order valence-electron chi connectivity index (χ1n) is 8.69. The van der Waals surface area contributed by atoms with E-state index in [0.717, 1.165) is 12.0 Å². The van der Waals surface area contributed by atoms with E-state index >= 15 is 0 Å². The second kappa shape index (κ2) is 6.50. The van der Waals surface area contributed by atoms with E-state index in [9.17, 15) is 0 Å². The van der Waals surface area contributed by atoms with Gasteiger partial charge in [-0.1, -0.05) is 44.2 Å². The summed E-state index contributed by atoms with van der Waals surface area (Å²) in [6, 6.07) is 11.9. The van der Waals surface area contributed by atoms with Crippen LogP contribution in [0.15, 0.2) is 30.3 Å². The zero-order valence-corrected chi connectivity index (χ0v) is 13.6. The number of hydrogen-bond donors (Lipinski definition) is 1. The smallest absolute Gasteiger partial charge is 0.00684 e. The van der Waals surface area contributed by atoms with Gasteiger partial charge in [0.25, 0.3) is 0 Å². The maximum absolute atomic E-state index is 3.74. The van der Waals surface area contributed by atoms with E-state index in [1.54, 1.807) is 0 Å². The van der Waals surface area contributed by atoms with Gasteiger partial charge in [0.05, 0.1) is 0 Å². The summed E-state index contributed by atoms with van der Waals surface area (Å²) in [7, 11) is 0. The van der Waals surface area contributed by atoms with Crippen LogP contribution in [0, 0.1) is 5.41 Å². The van der Waals surface area contributed by atoms with E-state index in [-0.39, 0.29) is 0 Å². The third-order valence-electron chi connectivity index (χ3n) is 5.40. The first-order valence-corrected chi connectivity index (χ1v) is 8.69. The van der Waals surface area contributed by atoms with Gasteiger partial charge in [0.1, 0.15) is 0 Å². The van der Waals surface area contributed by atoms with Crippen LogP contribution in [0.2, 0.25) is 0 Å². The minimum Gasteiger partial charge on any atom is -0.313 e. The summed E-state index contributed by atoms with van der Waals surface area (Å²) in [5, 5.41) is 3.74. The number of benzene rings is 1. The molecule has 0 bridgehead atoms. The summed E-state index contributed by atoms with van der Waals surface area (Å²) in [6.45, 7) is 9.73. The van der Waals surface area contributed by atoms with Gasteiger partial charge in [0.2, 0.25) is 0 Å². The molecular weight excluding hydrogens is 256 g/mol. The number of rotatable bonds is 7. The molecule has 1 aromatic carbocycles. The predicted octanol–water partition coefficient (Wildman–Crippen LogP) is 3.64. The van der Waals surface area contributed by atoms with E-state index in [0.29, 0.717) is 5.41 Å². The minimum absolute atomic E-state index is 0.425. The largest absolute Gasteiger partial charge is 0.313 e. The van der Waals surface area contributed by atoms with Crippen molar-refractivity contribution in [1.29, 1.82) is 0 Å². The lowest BCUT2D eigenvalue weighted by atomic mass is 9.86. The van der Waals surface area contributed by atoms with Gasteiger partial charge in [-0.05, 0) is 49.1 Å². The third-order valence-corrected chi connectivity index (χ3v) is 5.40. The topological polar surface area (TPSA) is 15.3 Å². The second-order valence-electron chi connectivity index (χ2n) is 7.45. The van der Waals surface area contributed by atoms with E-state index in [1.165, 1.54) is 57.4 Å². The van der Waals surface area contributed by atoms with Crippen LogP contribution >= 0.6 is 0 Å². The molecule has 2 unspecified atom stereocenters. The van der Waals surface area contributed by atoms with Crippen molar-refractivity contribution >= 4 is 0 Å². The van der Waals surface area contributed by atoms with Crippen molar-refractivity contribution < 1.29 is 0 Å². The quantitative estimate of drug-likeness (QED) is 0.823. The van der Waals surface area contributed by atoms with Gasteiger partial charge in [-0.2, -0.15) is 0 Å². The van der Waals surface area contributed by atoms with Crippen molar-refractivity contribution in [2.45, 2.75) is 51.5 Å². The van der Waals surface area contributed by atoms with Crippen LogP contribution in [0.3, 0.4) is 0 Å². The average molecular weight is 286 g/mol. The molecule has 1 saturated heterocycles. The highest BCUT2D eigenvalue weighted by Crippen LogP contribution is 2.31. The van der Waals surface area contributed by atoms with Crippen LogP contribution in [-0.2, 0) is 0 Å². The molecule has 21 heavy (non-hydrogen) atoms. The third kappa shape index (κ3) is 4.08. The monoisotopic (exact) mass is 286 g/mol. The van der Waals surface area contributed by atoms with Gasteiger partial charge in [0.15, 0.2) is 0 Å². The summed E-state index contributed by atoms with van der Waals surface area (Å²) < 4.78 is 0. The second-order valence-corrected chi connectivity index (χ2v) is 7.45. The van der Waals surface area contributed by atoms with Gasteiger partial charge < -0.3 is 10.2 Å². The first kappa shape index (κ1) is 15.1. The lowest BCUT2D eigenvalue weighted by Crippen LogP contribution is -2.41. The molecule has 0 radical (unpaired) electrons. The van der Waals surface area contributed by atoms with Gasteiger partial charge in [0, 0.05) is 25.7 Å². The molecule has 1 heterocycles. The van der Waals surface area contributed by atoms with Crippen molar-refractivity contribution in [1.82, 2.24) is 10.2 Å². The highest BCUT2D eigenvalue weighted by Gasteiger charge is 2.32. The molecule has 2 nitrogen and oxygen atoms in total. The fourth-order valence-corrected chi connectivity index (χ4v) is 3.48. The molecule has 0 amide bonds. The Morgan fingerprint density at radius 3 is 2.62 bits per heavy atom. The van der Waals surface area contributed by atoms with Crippen LogP contribution in [0.25, 0.3) is 0 Å². The standard InChI is InChI=1S/C19H30N2/c1-3-19(2,14-20-18-9-10-18)15-21-12-11-17(13-21)16-7-5-4-6-8-16/h4-8,17-18,20H,3,9-15H2,1-2H3. The Morgan fingerprint density at radius 1 is 1.19 bits per heavy atom. The van der Waals surface area contributed by atoms with E-state index in [2.05, 4.69) is 54.4 Å². The maximum Gasteiger partial charge on any atom is 0.00684 e. The number of hydrogen-bond acceptors (Lipinski definition) is 2. The fourth-order valence-electron chi connectivity index (χ4n) is 3.48. The summed E-state index contributed by atoms with van der Waals surface area (Å²) in [4.78, 5) is 2.69. The Hall–Kier alpha value is -0.860. The highest BCUT2D eigenvalue weighted by atomic mass is 15.2. The van der Waals surface area contributed by atoms with Crippen LogP contribution in [-0.4, -0.2) is 37.1 Å². The van der Waals surface area contributed by atoms with Crippen molar-refractivity contribution in [3.05, 3.63) is 35.9 Å². The summed E-state index contributed by atoms with van der Waals surface area (Å²) in [5.74, 6) is 0.740. The average Bonchev–Trinajstić information content (AvgIpc) is 3.25. The number of nitrogens with one attached hydrogen (secondary N) is 1. The maximum atomic E-state index is 3.74. The zero-order chi connectivity index (χ0) is 14.7. The van der Waals surface area contributed by atoms with Crippen LogP contribution in [0.4, 0.5) is 0 Å². The van der Waals surface area contributed by atoms with E-state index in [1.807, 2.05) is 0 Å². The van der Waals surface area contributed by atoms with E-state index in [4.69, 9.17) is 0 Å². The molecule has 0 spiro atoms. The lowest BCUT2D eigenvalue weighted by molar-refractivity contribution is 0.178. The number of nitrogens with zero attached hydrogens (tertiary/aromatic N) is 1. The van der Waals surface area contributed by atoms with Crippen molar-refractivity contribution in [2.24, 2.45) is 5.41 Å². The summed E-state index contributed by atoms with van der Waals surface area (Å²) in [6.07, 6.45) is 5.36. The Labute approximate surface area is 129 Å². The highest BCUT2D eigenvalue weighted by molar-refractivity contribution is 5.21. The molecule has 3 rings (SSSR count). The Kier molecular flexibility index (Phi) is 4.66. The van der Waals surface area contributed by atoms with Crippen LogP contribution in [0.1, 0.15) is 51.0 Å². The molecule has 116 valence electrons. The Balaban J connectivity index is 1.52. The first-order chi connectivity index (χ1) is 10.2. The zero-order valence-electron chi connectivity index (χ0n) is 13.6. The molecule has 2 atom stereocenters. The van der Waals surface area contributed by atoms with Crippen molar-refractivity contribution in [3.8, 4) is 0 Å². The van der Waals surface area contributed by atoms with Gasteiger partial charge >= 0.3 is 0 Å². The van der Waals surface area contributed by atoms with Crippen LogP contribution < -0.4 is 5.32 Å². The molecule has 1 aliphatic heterocycles. The van der Waals surface area contributed by atoms with E-state index < -0.39 is 0 Å². The van der Waals surface area contributed by atoms with Crippen LogP contribution in [0.5, 0.6) is 0 Å². The summed E-state index contributed by atoms with van der Waals surface area (Å²) >= 11 is 0. The van der Waals surface area contributed by atoms with Gasteiger partial charge in [-0.25, -0.2) is 0 Å². The minimum atomic E-state index is 0.425. The molecule has 1 aliphatic carbocycles. The Morgan fingerprint density at radius 2 is 1.95 bits per heavy atom. The molecule has 2 aliphatic rings. The molecular formula is C19H30N2.